The molecule has 2 N–H and O–H groups in total. The Morgan fingerprint density at radius 3 is 2.93 bits per heavy atom. The van der Waals surface area contributed by atoms with Gasteiger partial charge in [0.25, 0.3) is 0 Å². The highest BCUT2D eigenvalue weighted by Gasteiger charge is 1.94. The molecule has 0 aliphatic rings. The van der Waals surface area contributed by atoms with E-state index in [1.54, 1.807) is 6.33 Å². The largest absolute Gasteiger partial charge is 0.317 e. The fraction of sp³-hybridized carbons (Fsp3) is 0.800. The number of aromatic nitrogens is 3. The molecule has 15 heavy (non-hydrogen) atoms. The van der Waals surface area contributed by atoms with Crippen molar-refractivity contribution < 1.29 is 0 Å². The fourth-order valence-corrected chi connectivity index (χ4v) is 1.85. The standard InChI is InChI=1S/C10H20N4S/c1-15-8-3-2-6-11-7-4-5-10-12-9-13-14-10/h9,11H,2-8H2,1H3,(H,12,13,14). The van der Waals surface area contributed by atoms with Gasteiger partial charge in [-0.15, -0.1) is 0 Å². The number of hydrogen-bond acceptors (Lipinski definition) is 4. The monoisotopic (exact) mass is 228 g/mol. The van der Waals surface area contributed by atoms with E-state index in [-0.39, 0.29) is 0 Å². The number of aryl methyl sites for hydroxylation is 1. The van der Waals surface area contributed by atoms with E-state index in [1.165, 1.54) is 18.6 Å². The van der Waals surface area contributed by atoms with Gasteiger partial charge in [0.15, 0.2) is 0 Å². The maximum absolute atomic E-state index is 4.08. The summed E-state index contributed by atoms with van der Waals surface area (Å²) in [5, 5.41) is 10.1. The molecule has 0 saturated carbocycles. The first-order valence-corrected chi connectivity index (χ1v) is 6.87. The molecule has 0 radical (unpaired) electrons. The lowest BCUT2D eigenvalue weighted by molar-refractivity contribution is 0.612. The third-order valence-corrected chi connectivity index (χ3v) is 2.88. The van der Waals surface area contributed by atoms with Crippen molar-refractivity contribution in [2.45, 2.75) is 25.7 Å². The lowest BCUT2D eigenvalue weighted by atomic mass is 10.3. The molecule has 5 heteroatoms. The predicted molar refractivity (Wildman–Crippen MR) is 65.2 cm³/mol. The number of nitrogens with one attached hydrogen (secondary N) is 2. The minimum atomic E-state index is 0.984. The maximum Gasteiger partial charge on any atom is 0.137 e. The summed E-state index contributed by atoms with van der Waals surface area (Å²) < 4.78 is 0. The van der Waals surface area contributed by atoms with E-state index in [2.05, 4.69) is 26.8 Å². The van der Waals surface area contributed by atoms with E-state index in [0.29, 0.717) is 0 Å². The van der Waals surface area contributed by atoms with E-state index in [1.807, 2.05) is 11.8 Å². The van der Waals surface area contributed by atoms with Crippen molar-refractivity contribution >= 4 is 11.8 Å². The summed E-state index contributed by atoms with van der Waals surface area (Å²) in [6.45, 7) is 2.21. The molecule has 0 aliphatic heterocycles. The van der Waals surface area contributed by atoms with Crippen molar-refractivity contribution in [1.29, 1.82) is 0 Å². The molecule has 1 heterocycles. The minimum absolute atomic E-state index is 0.984. The van der Waals surface area contributed by atoms with Crippen molar-refractivity contribution in [2.75, 3.05) is 25.1 Å². The van der Waals surface area contributed by atoms with Gasteiger partial charge in [0, 0.05) is 6.42 Å². The molecule has 0 fully saturated rings. The Balaban J connectivity index is 1.81. The summed E-state index contributed by atoms with van der Waals surface area (Å²) in [5.74, 6) is 2.26. The third-order valence-electron chi connectivity index (χ3n) is 2.18. The van der Waals surface area contributed by atoms with Crippen LogP contribution in [-0.4, -0.2) is 40.3 Å². The van der Waals surface area contributed by atoms with E-state index in [9.17, 15) is 0 Å². The Morgan fingerprint density at radius 1 is 1.33 bits per heavy atom. The average Bonchev–Trinajstić information content (AvgIpc) is 2.75. The Labute approximate surface area is 95.6 Å². The molecule has 1 aromatic rings. The van der Waals surface area contributed by atoms with Crippen molar-refractivity contribution in [1.82, 2.24) is 20.5 Å². The van der Waals surface area contributed by atoms with Crippen molar-refractivity contribution in [2.24, 2.45) is 0 Å². The Hall–Kier alpha value is -0.550. The highest BCUT2D eigenvalue weighted by Crippen LogP contribution is 1.98. The molecular formula is C10H20N4S. The predicted octanol–water partition coefficient (Wildman–Crippen LogP) is 1.47. The maximum atomic E-state index is 4.08. The van der Waals surface area contributed by atoms with Gasteiger partial charge in [-0.1, -0.05) is 0 Å². The zero-order chi connectivity index (χ0) is 10.8. The van der Waals surface area contributed by atoms with E-state index in [4.69, 9.17) is 0 Å². The molecule has 0 spiro atoms. The van der Waals surface area contributed by atoms with Crippen LogP contribution in [0.5, 0.6) is 0 Å². The van der Waals surface area contributed by atoms with Gasteiger partial charge in [-0.3, -0.25) is 5.10 Å². The van der Waals surface area contributed by atoms with E-state index < -0.39 is 0 Å². The first-order chi connectivity index (χ1) is 7.43. The minimum Gasteiger partial charge on any atom is -0.317 e. The zero-order valence-electron chi connectivity index (χ0n) is 9.33. The van der Waals surface area contributed by atoms with Gasteiger partial charge in [-0.2, -0.15) is 16.9 Å². The Bertz CT molecular complexity index is 225. The molecule has 1 rings (SSSR count). The number of nitrogens with zero attached hydrogens (tertiary/aromatic N) is 2. The molecule has 4 nitrogen and oxygen atoms in total. The summed E-state index contributed by atoms with van der Waals surface area (Å²) in [4.78, 5) is 4.08. The number of unbranched alkanes of at least 4 members (excludes halogenated alkanes) is 1. The van der Waals surface area contributed by atoms with Crippen molar-refractivity contribution in [3.63, 3.8) is 0 Å². The Morgan fingerprint density at radius 2 is 2.20 bits per heavy atom. The van der Waals surface area contributed by atoms with Gasteiger partial charge >= 0.3 is 0 Å². The van der Waals surface area contributed by atoms with E-state index >= 15 is 0 Å². The van der Waals surface area contributed by atoms with Gasteiger partial charge in [0.1, 0.15) is 12.2 Å². The van der Waals surface area contributed by atoms with Crippen LogP contribution in [0.3, 0.4) is 0 Å². The SMILES string of the molecule is CSCCCCNCCCc1ncn[nH]1. The van der Waals surface area contributed by atoms with Gasteiger partial charge in [0.2, 0.25) is 0 Å². The number of rotatable bonds is 9. The summed E-state index contributed by atoms with van der Waals surface area (Å²) in [5.41, 5.74) is 0. The topological polar surface area (TPSA) is 53.6 Å². The third kappa shape index (κ3) is 6.52. The summed E-state index contributed by atoms with van der Waals surface area (Å²) in [6, 6.07) is 0. The molecule has 0 aliphatic carbocycles. The molecule has 86 valence electrons. The quantitative estimate of drug-likeness (QED) is 0.628. The number of H-pyrrole nitrogens is 1. The molecule has 0 unspecified atom stereocenters. The molecule has 0 bridgehead atoms. The molecule has 0 aromatic carbocycles. The summed E-state index contributed by atoms with van der Waals surface area (Å²) >= 11 is 1.92. The summed E-state index contributed by atoms with van der Waals surface area (Å²) in [6.07, 6.45) is 8.42. The van der Waals surface area contributed by atoms with Crippen LogP contribution in [-0.2, 0) is 6.42 Å². The van der Waals surface area contributed by atoms with Gasteiger partial charge in [-0.25, -0.2) is 4.98 Å². The highest BCUT2D eigenvalue weighted by molar-refractivity contribution is 7.98. The van der Waals surface area contributed by atoms with Crippen LogP contribution in [0.15, 0.2) is 6.33 Å². The second-order valence-electron chi connectivity index (χ2n) is 3.49. The fourth-order valence-electron chi connectivity index (χ4n) is 1.35. The van der Waals surface area contributed by atoms with Crippen molar-refractivity contribution in [3.05, 3.63) is 12.2 Å². The number of hydrogen-bond donors (Lipinski definition) is 2. The molecular weight excluding hydrogens is 208 g/mol. The molecule has 0 atom stereocenters. The van der Waals surface area contributed by atoms with Crippen LogP contribution < -0.4 is 5.32 Å². The smallest absolute Gasteiger partial charge is 0.137 e. The van der Waals surface area contributed by atoms with Gasteiger partial charge in [0.05, 0.1) is 0 Å². The van der Waals surface area contributed by atoms with Crippen LogP contribution in [0, 0.1) is 0 Å². The Kier molecular flexibility index (Phi) is 7.29. The molecule has 0 saturated heterocycles. The molecule has 0 amide bonds. The van der Waals surface area contributed by atoms with Crippen LogP contribution in [0.1, 0.15) is 25.1 Å². The van der Waals surface area contributed by atoms with Crippen LogP contribution >= 0.6 is 11.8 Å². The molecule has 1 aromatic heterocycles. The lowest BCUT2D eigenvalue weighted by Gasteiger charge is -2.02. The first kappa shape index (κ1) is 12.5. The lowest BCUT2D eigenvalue weighted by Crippen LogP contribution is -2.17. The van der Waals surface area contributed by atoms with Crippen LogP contribution in [0.4, 0.5) is 0 Å². The highest BCUT2D eigenvalue weighted by atomic mass is 32.2. The zero-order valence-corrected chi connectivity index (χ0v) is 10.1. The van der Waals surface area contributed by atoms with Gasteiger partial charge < -0.3 is 5.32 Å². The van der Waals surface area contributed by atoms with E-state index in [0.717, 1.165) is 31.8 Å². The van der Waals surface area contributed by atoms with Gasteiger partial charge in [-0.05, 0) is 44.4 Å². The summed E-state index contributed by atoms with van der Waals surface area (Å²) in [7, 11) is 0. The number of aromatic amines is 1. The normalized spacial score (nSPS) is 10.7. The average molecular weight is 228 g/mol. The first-order valence-electron chi connectivity index (χ1n) is 5.47. The second-order valence-corrected chi connectivity index (χ2v) is 4.47. The second kappa shape index (κ2) is 8.73. The van der Waals surface area contributed by atoms with Crippen molar-refractivity contribution in [3.8, 4) is 0 Å². The number of thioether (sulfide) groups is 1. The van der Waals surface area contributed by atoms with Crippen LogP contribution in [0.2, 0.25) is 0 Å². The van der Waals surface area contributed by atoms with Crippen LogP contribution in [0.25, 0.3) is 0 Å².